The van der Waals surface area contributed by atoms with Crippen molar-refractivity contribution in [1.82, 2.24) is 10.6 Å². The smallest absolute Gasteiger partial charge is 0.220 e. The lowest BCUT2D eigenvalue weighted by atomic mass is 10.0. The molecule has 1 aromatic carbocycles. The lowest BCUT2D eigenvalue weighted by molar-refractivity contribution is -0.122. The monoisotopic (exact) mass is 701 g/mol. The van der Waals surface area contributed by atoms with Crippen molar-refractivity contribution in [3.8, 4) is 0 Å². The summed E-state index contributed by atoms with van der Waals surface area (Å²) in [6.45, 7) is 5.46. The van der Waals surface area contributed by atoms with Gasteiger partial charge < -0.3 is 20.8 Å². The van der Waals surface area contributed by atoms with Crippen LogP contribution in [0.3, 0.4) is 0 Å². The number of aliphatic hydroxyl groups excluding tert-OH is 2. The van der Waals surface area contributed by atoms with Crippen molar-refractivity contribution in [3.05, 3.63) is 35.4 Å². The molecule has 0 radical (unpaired) electrons. The number of aliphatic hydroxyl groups is 2. The maximum absolute atomic E-state index is 12.5. The van der Waals surface area contributed by atoms with Gasteiger partial charge in [0.25, 0.3) is 0 Å². The van der Waals surface area contributed by atoms with Crippen LogP contribution in [0.5, 0.6) is 0 Å². The second-order valence-corrected chi connectivity index (χ2v) is 15.1. The summed E-state index contributed by atoms with van der Waals surface area (Å²) < 4.78 is 0. The highest BCUT2D eigenvalue weighted by Crippen LogP contribution is 2.16. The van der Waals surface area contributed by atoms with Gasteiger partial charge in [0.1, 0.15) is 0 Å². The van der Waals surface area contributed by atoms with Gasteiger partial charge in [-0.2, -0.15) is 0 Å². The van der Waals surface area contributed by atoms with Crippen LogP contribution in [0.4, 0.5) is 0 Å². The average molecular weight is 701 g/mol. The molecule has 0 aliphatic rings. The molecule has 0 saturated carbocycles. The van der Waals surface area contributed by atoms with Crippen molar-refractivity contribution >= 4 is 11.8 Å². The number of nitrogens with one attached hydrogen (secondary N) is 2. The zero-order chi connectivity index (χ0) is 36.3. The van der Waals surface area contributed by atoms with Gasteiger partial charge in [-0.3, -0.25) is 9.59 Å². The number of amides is 2. The van der Waals surface area contributed by atoms with Crippen LogP contribution >= 0.6 is 0 Å². The first kappa shape index (κ1) is 46.1. The van der Waals surface area contributed by atoms with Crippen molar-refractivity contribution < 1.29 is 19.8 Å². The van der Waals surface area contributed by atoms with E-state index in [2.05, 4.69) is 24.5 Å². The predicted molar refractivity (Wildman–Crippen MR) is 212 cm³/mol. The van der Waals surface area contributed by atoms with Gasteiger partial charge in [-0.1, -0.05) is 179 Å². The topological polar surface area (TPSA) is 98.7 Å². The summed E-state index contributed by atoms with van der Waals surface area (Å²) in [5.74, 6) is 0.160. The molecule has 2 atom stereocenters. The summed E-state index contributed by atoms with van der Waals surface area (Å²) in [6.07, 6.45) is 33.0. The molecule has 1 rings (SSSR count). The van der Waals surface area contributed by atoms with E-state index in [4.69, 9.17) is 0 Å². The number of hydrogen-bond donors (Lipinski definition) is 4. The van der Waals surface area contributed by atoms with E-state index in [0.717, 1.165) is 114 Å². The lowest BCUT2D eigenvalue weighted by Gasteiger charge is -2.12. The zero-order valence-corrected chi connectivity index (χ0v) is 32.8. The van der Waals surface area contributed by atoms with E-state index < -0.39 is 0 Å². The van der Waals surface area contributed by atoms with Gasteiger partial charge in [0.15, 0.2) is 0 Å². The van der Waals surface area contributed by atoms with E-state index in [1.807, 2.05) is 24.3 Å². The Balaban J connectivity index is 2.04. The fourth-order valence-corrected chi connectivity index (χ4v) is 6.82. The Morgan fingerprint density at radius 3 is 1.06 bits per heavy atom. The summed E-state index contributed by atoms with van der Waals surface area (Å²) in [7, 11) is 0. The van der Waals surface area contributed by atoms with Gasteiger partial charge in [-0.05, 0) is 49.7 Å². The summed E-state index contributed by atoms with van der Waals surface area (Å²) in [6, 6.07) is 8.00. The molecule has 0 bridgehead atoms. The van der Waals surface area contributed by atoms with E-state index in [-0.39, 0.29) is 24.0 Å². The molecule has 2 amide bonds. The number of benzene rings is 1. The van der Waals surface area contributed by atoms with Gasteiger partial charge >= 0.3 is 0 Å². The second kappa shape index (κ2) is 34.2. The summed E-state index contributed by atoms with van der Waals surface area (Å²) >= 11 is 0. The Kier molecular flexibility index (Phi) is 31.5. The first-order valence-electron chi connectivity index (χ1n) is 21.4. The van der Waals surface area contributed by atoms with Crippen molar-refractivity contribution in [1.29, 1.82) is 0 Å². The molecule has 6 nitrogen and oxygen atoms in total. The van der Waals surface area contributed by atoms with Crippen molar-refractivity contribution in [2.24, 2.45) is 0 Å². The Labute approximate surface area is 308 Å². The van der Waals surface area contributed by atoms with Crippen LogP contribution in [-0.4, -0.2) is 34.2 Å². The molecular weight excluding hydrogens is 620 g/mol. The molecule has 0 saturated heterocycles. The van der Waals surface area contributed by atoms with Gasteiger partial charge in [0.2, 0.25) is 11.8 Å². The number of rotatable bonds is 36. The van der Waals surface area contributed by atoms with Crippen LogP contribution in [0, 0.1) is 0 Å². The fraction of sp³-hybridized carbons (Fsp3) is 0.818. The van der Waals surface area contributed by atoms with Crippen LogP contribution in [-0.2, 0) is 22.7 Å². The SMILES string of the molecule is CCCCCCCCCC(O)CCCCCCCC(=O)NCc1ccccc1CNC(=O)CCCCCCCC(O)CCCCCCCCC. The Morgan fingerprint density at radius 2 is 0.740 bits per heavy atom. The molecule has 290 valence electrons. The molecule has 0 heterocycles. The largest absolute Gasteiger partial charge is 0.393 e. The number of carbonyl (C=O) groups is 2. The maximum atomic E-state index is 12.5. The Hall–Kier alpha value is -1.92. The minimum Gasteiger partial charge on any atom is -0.393 e. The Bertz CT molecular complexity index is 850. The summed E-state index contributed by atoms with van der Waals surface area (Å²) in [5, 5.41) is 26.6. The third kappa shape index (κ3) is 28.7. The first-order chi connectivity index (χ1) is 24.5. The molecule has 0 aromatic heterocycles. The van der Waals surface area contributed by atoms with Crippen LogP contribution in [0.25, 0.3) is 0 Å². The molecule has 1 aromatic rings. The molecule has 4 N–H and O–H groups in total. The lowest BCUT2D eigenvalue weighted by Crippen LogP contribution is -2.25. The highest BCUT2D eigenvalue weighted by molar-refractivity contribution is 5.76. The first-order valence-corrected chi connectivity index (χ1v) is 21.4. The Morgan fingerprint density at radius 1 is 0.460 bits per heavy atom. The predicted octanol–water partition coefficient (Wildman–Crippen LogP) is 11.4. The maximum Gasteiger partial charge on any atom is 0.220 e. The van der Waals surface area contributed by atoms with Crippen LogP contribution < -0.4 is 10.6 Å². The van der Waals surface area contributed by atoms with Crippen molar-refractivity contribution in [2.45, 2.75) is 232 Å². The summed E-state index contributed by atoms with van der Waals surface area (Å²) in [4.78, 5) is 25.0. The van der Waals surface area contributed by atoms with Gasteiger partial charge in [0, 0.05) is 25.9 Å². The zero-order valence-electron chi connectivity index (χ0n) is 32.8. The van der Waals surface area contributed by atoms with Crippen LogP contribution in [0.2, 0.25) is 0 Å². The van der Waals surface area contributed by atoms with Crippen LogP contribution in [0.1, 0.15) is 218 Å². The molecular formula is C44H80N2O4. The quantitative estimate of drug-likeness (QED) is 0.0524. The van der Waals surface area contributed by atoms with Gasteiger partial charge in [-0.15, -0.1) is 0 Å². The van der Waals surface area contributed by atoms with E-state index in [0.29, 0.717) is 25.9 Å². The van der Waals surface area contributed by atoms with Crippen molar-refractivity contribution in [3.63, 3.8) is 0 Å². The third-order valence-electron chi connectivity index (χ3n) is 10.2. The second-order valence-electron chi connectivity index (χ2n) is 15.1. The minimum atomic E-state index is -0.149. The minimum absolute atomic E-state index is 0.0802. The van der Waals surface area contributed by atoms with Crippen molar-refractivity contribution in [2.75, 3.05) is 0 Å². The van der Waals surface area contributed by atoms with E-state index >= 15 is 0 Å². The van der Waals surface area contributed by atoms with Gasteiger partial charge in [0.05, 0.1) is 12.2 Å². The fourth-order valence-electron chi connectivity index (χ4n) is 6.82. The number of carbonyl (C=O) groups excluding carboxylic acids is 2. The third-order valence-corrected chi connectivity index (χ3v) is 10.2. The summed E-state index contributed by atoms with van der Waals surface area (Å²) in [5.41, 5.74) is 2.09. The standard InChI is InChI=1S/C44H80N2O4/c1-3-5-7-9-11-15-21-31-41(47)33-23-17-13-19-25-35-43(49)45-37-39-29-27-28-30-40(39)38-46-44(50)36-26-20-14-18-24-34-42(48)32-22-16-12-10-8-6-4-2/h27-30,41-42,47-48H,3-26,31-38H2,1-2H3,(H,45,49)(H,46,50). The number of unbranched alkanes of at least 4 members (excludes halogenated alkanes) is 20. The number of hydrogen-bond acceptors (Lipinski definition) is 4. The van der Waals surface area contributed by atoms with Crippen LogP contribution in [0.15, 0.2) is 24.3 Å². The highest BCUT2D eigenvalue weighted by atomic mass is 16.3. The van der Waals surface area contributed by atoms with E-state index in [9.17, 15) is 19.8 Å². The van der Waals surface area contributed by atoms with E-state index in [1.165, 1.54) is 77.0 Å². The molecule has 0 fully saturated rings. The molecule has 6 heteroatoms. The van der Waals surface area contributed by atoms with Gasteiger partial charge in [-0.25, -0.2) is 0 Å². The van der Waals surface area contributed by atoms with E-state index in [1.54, 1.807) is 0 Å². The molecule has 0 spiro atoms. The molecule has 0 aliphatic heterocycles. The normalized spacial score (nSPS) is 12.6. The molecule has 0 aliphatic carbocycles. The highest BCUT2D eigenvalue weighted by Gasteiger charge is 2.09. The molecule has 2 unspecified atom stereocenters. The average Bonchev–Trinajstić information content (AvgIpc) is 3.11. The molecule has 50 heavy (non-hydrogen) atoms.